The molecule has 0 spiro atoms. The van der Waals surface area contributed by atoms with Gasteiger partial charge in [-0.1, -0.05) is 0 Å². The first-order chi connectivity index (χ1) is 14.9. The van der Waals surface area contributed by atoms with Crippen LogP contribution < -0.4 is 5.56 Å². The van der Waals surface area contributed by atoms with Gasteiger partial charge in [0, 0.05) is 0 Å². The highest BCUT2D eigenvalue weighted by molar-refractivity contribution is 7.48. The second-order valence-electron chi connectivity index (χ2n) is 6.33. The number of phosphoric acid groups is 1. The Morgan fingerprint density at radius 1 is 1.16 bits per heavy atom. The van der Waals surface area contributed by atoms with E-state index in [0.29, 0.717) is 0 Å². The van der Waals surface area contributed by atoms with Crippen molar-refractivity contribution in [2.45, 2.75) is 37.4 Å². The lowest BCUT2D eigenvalue weighted by molar-refractivity contribution is -0.0525. The smallest absolute Gasteiger partial charge is 0.387 e. The molecule has 3 rings (SSSR count). The number of aromatic amines is 1. The minimum Gasteiger partial charge on any atom is -0.387 e. The van der Waals surface area contributed by atoms with Crippen LogP contribution >= 0.6 is 7.82 Å². The van der Waals surface area contributed by atoms with Crippen molar-refractivity contribution in [3.05, 3.63) is 23.0 Å². The second kappa shape index (κ2) is 10.1. The maximum absolute atomic E-state index is 12.7. The fourth-order valence-electron chi connectivity index (χ4n) is 2.83. The Bertz CT molecular complexity index is 1070. The van der Waals surface area contributed by atoms with Gasteiger partial charge in [0.1, 0.15) is 18.3 Å². The van der Waals surface area contributed by atoms with Crippen LogP contribution in [0.5, 0.6) is 0 Å². The van der Waals surface area contributed by atoms with E-state index in [0.717, 1.165) is 6.33 Å². The van der Waals surface area contributed by atoms with Crippen LogP contribution in [0.25, 0.3) is 11.2 Å². The summed E-state index contributed by atoms with van der Waals surface area (Å²) >= 11 is 0. The molecule has 1 fully saturated rings. The molecule has 1 saturated heterocycles. The van der Waals surface area contributed by atoms with E-state index in [2.05, 4.69) is 15.0 Å². The van der Waals surface area contributed by atoms with Crippen LogP contribution in [0.1, 0.15) is 19.1 Å². The van der Waals surface area contributed by atoms with E-state index in [1.807, 2.05) is 12.1 Å². The fraction of sp³-hybridized carbons (Fsp3) is 0.562. The molecule has 166 valence electrons. The number of ether oxygens (including phenoxy) is 1. The second-order valence-corrected chi connectivity index (χ2v) is 8.00. The number of aliphatic hydroxyl groups is 2. The minimum atomic E-state index is -4.15. The molecule has 0 aliphatic carbocycles. The van der Waals surface area contributed by atoms with Crippen molar-refractivity contribution in [1.29, 1.82) is 10.5 Å². The fourth-order valence-corrected chi connectivity index (χ4v) is 4.01. The van der Waals surface area contributed by atoms with Crippen molar-refractivity contribution < 1.29 is 33.1 Å². The molecule has 2 aromatic heterocycles. The summed E-state index contributed by atoms with van der Waals surface area (Å²) < 4.78 is 34.8. The lowest BCUT2D eigenvalue weighted by Crippen LogP contribution is -2.33. The number of hydrogen-bond acceptors (Lipinski definition) is 12. The Morgan fingerprint density at radius 3 is 2.48 bits per heavy atom. The summed E-state index contributed by atoms with van der Waals surface area (Å²) in [5, 5.41) is 37.9. The third kappa shape index (κ3) is 5.15. The van der Waals surface area contributed by atoms with Crippen molar-refractivity contribution in [1.82, 2.24) is 19.5 Å². The van der Waals surface area contributed by atoms with Crippen molar-refractivity contribution in [2.24, 2.45) is 0 Å². The van der Waals surface area contributed by atoms with Gasteiger partial charge < -0.3 is 19.9 Å². The van der Waals surface area contributed by atoms with Crippen LogP contribution in [0.2, 0.25) is 0 Å². The molecule has 15 heteroatoms. The summed E-state index contributed by atoms with van der Waals surface area (Å²) in [6, 6.07) is 3.62. The maximum Gasteiger partial charge on any atom is 0.474 e. The number of imidazole rings is 1. The van der Waals surface area contributed by atoms with Crippen LogP contribution in [0.3, 0.4) is 0 Å². The number of nitrogens with zero attached hydrogens (tertiary/aromatic N) is 5. The van der Waals surface area contributed by atoms with Crippen molar-refractivity contribution >= 4 is 19.0 Å². The molecule has 14 nitrogen and oxygen atoms in total. The van der Waals surface area contributed by atoms with E-state index in [-0.39, 0.29) is 37.2 Å². The Balaban J connectivity index is 1.70. The number of aromatic nitrogens is 4. The van der Waals surface area contributed by atoms with Gasteiger partial charge in [-0.15, -0.1) is 0 Å². The van der Waals surface area contributed by atoms with Crippen LogP contribution in [0, 0.1) is 22.7 Å². The first kappa shape index (κ1) is 23.0. The predicted molar refractivity (Wildman–Crippen MR) is 100.0 cm³/mol. The van der Waals surface area contributed by atoms with Gasteiger partial charge in [-0.2, -0.15) is 10.5 Å². The van der Waals surface area contributed by atoms with E-state index < -0.39 is 44.5 Å². The highest BCUT2D eigenvalue weighted by Gasteiger charge is 2.45. The van der Waals surface area contributed by atoms with Crippen LogP contribution in [-0.4, -0.2) is 67.9 Å². The number of H-pyrrole nitrogens is 1. The molecule has 0 saturated carbocycles. The van der Waals surface area contributed by atoms with Gasteiger partial charge in [0.15, 0.2) is 17.4 Å². The standard InChI is InChI=1S/C16H19N6O8P/c17-3-1-5-27-31(26,28-6-2-4-18)29-7-10-12(23)13(24)16(30-10)22-9-21-11-14(22)19-8-20-15(11)25/h8-10,12-13,16,23-24H,1-2,5-7H2,(H,19,20,25)/t10-,12?,13?,16-/m1/s1. The van der Waals surface area contributed by atoms with E-state index in [1.54, 1.807) is 0 Å². The average Bonchev–Trinajstić information content (AvgIpc) is 3.30. The third-order valence-electron chi connectivity index (χ3n) is 4.30. The molecular formula is C16H19N6O8P. The van der Waals surface area contributed by atoms with Crippen LogP contribution in [0.4, 0.5) is 0 Å². The summed E-state index contributed by atoms with van der Waals surface area (Å²) in [5.74, 6) is 0. The zero-order chi connectivity index (χ0) is 22.4. The molecular weight excluding hydrogens is 435 g/mol. The molecule has 4 atom stereocenters. The lowest BCUT2D eigenvalue weighted by Gasteiger charge is -2.20. The van der Waals surface area contributed by atoms with E-state index in [9.17, 15) is 19.6 Å². The molecule has 1 aliphatic rings. The zero-order valence-electron chi connectivity index (χ0n) is 16.0. The molecule has 1 aliphatic heterocycles. The first-order valence-corrected chi connectivity index (χ1v) is 10.6. The molecule has 0 bridgehead atoms. The van der Waals surface area contributed by atoms with Gasteiger partial charge in [0.25, 0.3) is 5.56 Å². The Kier molecular flexibility index (Phi) is 7.48. The molecule has 2 unspecified atom stereocenters. The number of nitrogens with one attached hydrogen (secondary N) is 1. The van der Waals surface area contributed by atoms with E-state index in [1.165, 1.54) is 10.9 Å². The number of nitriles is 2. The van der Waals surface area contributed by atoms with Gasteiger partial charge in [0.05, 0.1) is 57.5 Å². The normalized spacial score (nSPS) is 23.6. The summed E-state index contributed by atoms with van der Waals surface area (Å²) in [4.78, 5) is 22.1. The SMILES string of the molecule is N#CCCOP(=O)(OCCC#N)OC[C@H]1O[C@@H](n2cnc3c(=O)[nH]cnc32)C(O)C1O. The molecule has 0 radical (unpaired) electrons. The van der Waals surface area contributed by atoms with Crippen molar-refractivity contribution in [3.8, 4) is 12.1 Å². The monoisotopic (exact) mass is 454 g/mol. The highest BCUT2D eigenvalue weighted by atomic mass is 31.2. The first-order valence-electron chi connectivity index (χ1n) is 9.09. The topological polar surface area (TPSA) is 206 Å². The van der Waals surface area contributed by atoms with Gasteiger partial charge in [-0.05, 0) is 0 Å². The van der Waals surface area contributed by atoms with E-state index >= 15 is 0 Å². The highest BCUT2D eigenvalue weighted by Crippen LogP contribution is 2.50. The maximum atomic E-state index is 12.7. The van der Waals surface area contributed by atoms with Crippen molar-refractivity contribution in [2.75, 3.05) is 19.8 Å². The van der Waals surface area contributed by atoms with Gasteiger partial charge in [-0.25, -0.2) is 14.5 Å². The van der Waals surface area contributed by atoms with E-state index in [4.69, 9.17) is 28.8 Å². The largest absolute Gasteiger partial charge is 0.474 e. The van der Waals surface area contributed by atoms with Gasteiger partial charge >= 0.3 is 7.82 Å². The molecule has 3 heterocycles. The van der Waals surface area contributed by atoms with Gasteiger partial charge in [0.2, 0.25) is 0 Å². The Labute approximate surface area is 175 Å². The van der Waals surface area contributed by atoms with Crippen LogP contribution in [0.15, 0.2) is 17.4 Å². The summed E-state index contributed by atoms with van der Waals surface area (Å²) in [6.07, 6.45) is -2.93. The zero-order valence-corrected chi connectivity index (χ0v) is 16.9. The average molecular weight is 454 g/mol. The third-order valence-corrected chi connectivity index (χ3v) is 5.76. The number of phosphoric ester groups is 1. The molecule has 3 N–H and O–H groups in total. The van der Waals surface area contributed by atoms with Crippen LogP contribution in [-0.2, 0) is 22.9 Å². The number of fused-ring (bicyclic) bond motifs is 1. The summed E-state index contributed by atoms with van der Waals surface area (Å²) in [6.45, 7) is -0.965. The molecule has 31 heavy (non-hydrogen) atoms. The molecule has 2 aromatic rings. The minimum absolute atomic E-state index is 0.0220. The number of hydrogen-bond donors (Lipinski definition) is 3. The number of rotatable bonds is 10. The number of aliphatic hydroxyl groups excluding tert-OH is 2. The Morgan fingerprint density at radius 2 is 1.84 bits per heavy atom. The predicted octanol–water partition coefficient (Wildman–Crippen LogP) is -0.276. The molecule has 0 aromatic carbocycles. The van der Waals surface area contributed by atoms with Gasteiger partial charge in [-0.3, -0.25) is 22.9 Å². The molecule has 0 amide bonds. The Hall–Kier alpha value is -2.68. The quantitative estimate of drug-likeness (QED) is 0.313. The lowest BCUT2D eigenvalue weighted by atomic mass is 10.1. The summed E-state index contributed by atoms with van der Waals surface area (Å²) in [5.41, 5.74) is -0.331. The van der Waals surface area contributed by atoms with Crippen molar-refractivity contribution in [3.63, 3.8) is 0 Å². The summed E-state index contributed by atoms with van der Waals surface area (Å²) in [7, 11) is -4.15.